The molecule has 4 nitrogen and oxygen atoms in total. The van der Waals surface area contributed by atoms with Crippen molar-refractivity contribution in [3.8, 4) is 6.07 Å². The molecule has 2 aromatic carbocycles. The average Bonchev–Trinajstić information content (AvgIpc) is 2.82. The third kappa shape index (κ3) is 1.46. The highest BCUT2D eigenvalue weighted by Gasteiger charge is 2.16. The van der Waals surface area contributed by atoms with Crippen LogP contribution in [0.2, 0.25) is 0 Å². The summed E-state index contributed by atoms with van der Waals surface area (Å²) < 4.78 is 7.24. The Hall–Kier alpha value is -3.06. The zero-order valence-corrected chi connectivity index (χ0v) is 11.3. The molecule has 4 aromatic rings. The van der Waals surface area contributed by atoms with Crippen molar-refractivity contribution in [3.05, 3.63) is 58.4 Å². The third-order valence-electron chi connectivity index (χ3n) is 3.88. The Kier molecular flexibility index (Phi) is 2.22. The van der Waals surface area contributed by atoms with Crippen LogP contribution in [0.5, 0.6) is 0 Å². The Balaban J connectivity index is 2.42. The zero-order valence-electron chi connectivity index (χ0n) is 11.3. The largest absolute Gasteiger partial charge is 0.421 e. The molecule has 0 spiro atoms. The van der Waals surface area contributed by atoms with Gasteiger partial charge in [0, 0.05) is 28.7 Å². The van der Waals surface area contributed by atoms with Crippen LogP contribution in [0.4, 0.5) is 0 Å². The third-order valence-corrected chi connectivity index (χ3v) is 3.88. The molecule has 0 saturated heterocycles. The van der Waals surface area contributed by atoms with E-state index in [-0.39, 0.29) is 5.63 Å². The summed E-state index contributed by atoms with van der Waals surface area (Å²) >= 11 is 0. The highest BCUT2D eigenvalue weighted by Crippen LogP contribution is 2.32. The maximum Gasteiger partial charge on any atom is 0.361 e. The van der Waals surface area contributed by atoms with Crippen molar-refractivity contribution in [3.63, 3.8) is 0 Å². The molecule has 100 valence electrons. The van der Waals surface area contributed by atoms with E-state index in [0.717, 1.165) is 21.7 Å². The molecule has 0 aliphatic carbocycles. The lowest BCUT2D eigenvalue weighted by Gasteiger charge is -2.00. The highest BCUT2D eigenvalue weighted by molar-refractivity contribution is 6.19. The minimum absolute atomic E-state index is 0.360. The second-order valence-corrected chi connectivity index (χ2v) is 5.01. The minimum Gasteiger partial charge on any atom is -0.421 e. The van der Waals surface area contributed by atoms with Crippen LogP contribution < -0.4 is 5.63 Å². The molecular weight excluding hydrogens is 264 g/mol. The molecule has 0 radical (unpaired) electrons. The molecule has 0 fully saturated rings. The number of hydrogen-bond donors (Lipinski definition) is 0. The topological polar surface area (TPSA) is 58.9 Å². The van der Waals surface area contributed by atoms with Crippen LogP contribution in [0.15, 0.2) is 51.7 Å². The summed E-state index contributed by atoms with van der Waals surface area (Å²) in [5.41, 5.74) is 2.18. The van der Waals surface area contributed by atoms with E-state index >= 15 is 0 Å². The molecule has 0 unspecified atom stereocenters. The zero-order chi connectivity index (χ0) is 14.6. The van der Waals surface area contributed by atoms with E-state index in [2.05, 4.69) is 6.07 Å². The molecule has 4 rings (SSSR count). The van der Waals surface area contributed by atoms with Gasteiger partial charge in [-0.25, -0.2) is 4.79 Å². The van der Waals surface area contributed by atoms with E-state index in [1.54, 1.807) is 18.2 Å². The van der Waals surface area contributed by atoms with Gasteiger partial charge in [0.15, 0.2) is 0 Å². The Morgan fingerprint density at radius 2 is 1.95 bits per heavy atom. The lowest BCUT2D eigenvalue weighted by atomic mass is 10.1. The van der Waals surface area contributed by atoms with Crippen LogP contribution in [-0.4, -0.2) is 4.57 Å². The molecule has 0 atom stereocenters. The van der Waals surface area contributed by atoms with Gasteiger partial charge >= 0.3 is 5.63 Å². The predicted molar refractivity (Wildman–Crippen MR) is 81.2 cm³/mol. The molecule has 0 aliphatic heterocycles. The Bertz CT molecular complexity index is 1130. The van der Waals surface area contributed by atoms with E-state index in [1.165, 1.54) is 0 Å². The fourth-order valence-corrected chi connectivity index (χ4v) is 2.94. The van der Waals surface area contributed by atoms with Crippen LogP contribution in [0.3, 0.4) is 0 Å². The molecule has 0 N–H and O–H groups in total. The number of fused-ring (bicyclic) bond motifs is 5. The summed E-state index contributed by atoms with van der Waals surface area (Å²) in [6, 6.07) is 15.1. The standard InChI is InChI=1S/C17H10N2O2/c1-19-13-5-3-2-4-11(13)15-12-8-10(9-18)6-7-14(12)21-17(20)16(15)19/h2-8H,1H3. The summed E-state index contributed by atoms with van der Waals surface area (Å²) in [5, 5.41) is 11.7. The Morgan fingerprint density at radius 1 is 1.14 bits per heavy atom. The number of hydrogen-bond acceptors (Lipinski definition) is 3. The average molecular weight is 274 g/mol. The van der Waals surface area contributed by atoms with Crippen molar-refractivity contribution in [1.29, 1.82) is 5.26 Å². The molecule has 2 aromatic heterocycles. The molecule has 4 heteroatoms. The molecular formula is C17H10N2O2. The van der Waals surface area contributed by atoms with E-state index < -0.39 is 0 Å². The number of aromatic nitrogens is 1. The number of aryl methyl sites for hydroxylation is 1. The smallest absolute Gasteiger partial charge is 0.361 e. The van der Waals surface area contributed by atoms with Gasteiger partial charge in [0.2, 0.25) is 0 Å². The maximum absolute atomic E-state index is 12.3. The van der Waals surface area contributed by atoms with Crippen molar-refractivity contribution in [1.82, 2.24) is 4.57 Å². The quantitative estimate of drug-likeness (QED) is 0.462. The summed E-state index contributed by atoms with van der Waals surface area (Å²) in [6.07, 6.45) is 0. The van der Waals surface area contributed by atoms with E-state index in [4.69, 9.17) is 9.68 Å². The lowest BCUT2D eigenvalue weighted by Crippen LogP contribution is -2.04. The van der Waals surface area contributed by atoms with Gasteiger partial charge < -0.3 is 8.98 Å². The normalized spacial score (nSPS) is 11.2. The summed E-state index contributed by atoms with van der Waals surface area (Å²) in [4.78, 5) is 12.3. The predicted octanol–water partition coefficient (Wildman–Crippen LogP) is 3.31. The van der Waals surface area contributed by atoms with Gasteiger partial charge in [0.25, 0.3) is 0 Å². The van der Waals surface area contributed by atoms with Crippen molar-refractivity contribution in [2.24, 2.45) is 7.05 Å². The number of nitrogens with zero attached hydrogens (tertiary/aromatic N) is 2. The lowest BCUT2D eigenvalue weighted by molar-refractivity contribution is 0.566. The molecule has 0 aliphatic rings. The van der Waals surface area contributed by atoms with Gasteiger partial charge in [0.1, 0.15) is 11.1 Å². The minimum atomic E-state index is -0.360. The van der Waals surface area contributed by atoms with E-state index in [0.29, 0.717) is 16.7 Å². The Morgan fingerprint density at radius 3 is 2.76 bits per heavy atom. The molecule has 0 amide bonds. The second-order valence-electron chi connectivity index (χ2n) is 5.01. The van der Waals surface area contributed by atoms with Gasteiger partial charge in [-0.05, 0) is 24.3 Å². The van der Waals surface area contributed by atoms with E-state index in [1.807, 2.05) is 35.9 Å². The number of nitriles is 1. The number of benzene rings is 2. The molecule has 2 heterocycles. The number of para-hydroxylation sites is 1. The van der Waals surface area contributed by atoms with Crippen LogP contribution in [0, 0.1) is 11.3 Å². The van der Waals surface area contributed by atoms with Crippen LogP contribution >= 0.6 is 0 Å². The first-order valence-electron chi connectivity index (χ1n) is 6.55. The summed E-state index contributed by atoms with van der Waals surface area (Å²) in [6.45, 7) is 0. The van der Waals surface area contributed by atoms with E-state index in [9.17, 15) is 4.79 Å². The van der Waals surface area contributed by atoms with Crippen LogP contribution in [0.1, 0.15) is 5.56 Å². The molecule has 21 heavy (non-hydrogen) atoms. The van der Waals surface area contributed by atoms with Crippen LogP contribution in [0.25, 0.3) is 32.8 Å². The summed E-state index contributed by atoms with van der Waals surface area (Å²) in [7, 11) is 1.85. The second kappa shape index (κ2) is 3.97. The van der Waals surface area contributed by atoms with Gasteiger partial charge in [-0.2, -0.15) is 5.26 Å². The SMILES string of the molecule is Cn1c2ccccc2c2c3cc(C#N)ccc3oc(=O)c21. The molecule has 0 saturated carbocycles. The van der Waals surface area contributed by atoms with Gasteiger partial charge in [-0.3, -0.25) is 0 Å². The Labute approximate surface area is 119 Å². The maximum atomic E-state index is 12.3. The van der Waals surface area contributed by atoms with Crippen molar-refractivity contribution in [2.45, 2.75) is 0 Å². The number of rotatable bonds is 0. The fourth-order valence-electron chi connectivity index (χ4n) is 2.94. The van der Waals surface area contributed by atoms with Gasteiger partial charge in [0.05, 0.1) is 11.6 Å². The van der Waals surface area contributed by atoms with Gasteiger partial charge in [-0.15, -0.1) is 0 Å². The monoisotopic (exact) mass is 274 g/mol. The first-order chi connectivity index (χ1) is 10.2. The highest BCUT2D eigenvalue weighted by atomic mass is 16.4. The van der Waals surface area contributed by atoms with Crippen molar-refractivity contribution >= 4 is 32.8 Å². The first kappa shape index (κ1) is 11.7. The first-order valence-corrected chi connectivity index (χ1v) is 6.55. The van der Waals surface area contributed by atoms with Crippen LogP contribution in [-0.2, 0) is 7.05 Å². The van der Waals surface area contributed by atoms with Crippen molar-refractivity contribution in [2.75, 3.05) is 0 Å². The fraction of sp³-hybridized carbons (Fsp3) is 0.0588. The summed E-state index contributed by atoms with van der Waals surface area (Å²) in [5.74, 6) is 0. The van der Waals surface area contributed by atoms with Crippen molar-refractivity contribution < 1.29 is 4.42 Å². The molecule has 0 bridgehead atoms. The van der Waals surface area contributed by atoms with Gasteiger partial charge in [-0.1, -0.05) is 18.2 Å².